The number of pyridine rings is 1. The highest BCUT2D eigenvalue weighted by Gasteiger charge is 2.10. The summed E-state index contributed by atoms with van der Waals surface area (Å²) >= 11 is 0. The molecule has 2 aromatic carbocycles. The molecule has 2 N–H and O–H groups in total. The van der Waals surface area contributed by atoms with Crippen LogP contribution in [0.15, 0.2) is 67.0 Å². The van der Waals surface area contributed by atoms with Crippen LogP contribution in [0.2, 0.25) is 0 Å². The Hall–Kier alpha value is -3.67. The number of carbonyl (C=O) groups is 1. The Bertz CT molecular complexity index is 1120. The molecule has 1 amide bonds. The van der Waals surface area contributed by atoms with Gasteiger partial charge in [-0.3, -0.25) is 14.3 Å². The number of nitrogens with two attached hydrogens (primary N) is 1. The second-order valence-corrected chi connectivity index (χ2v) is 6.17. The monoisotopic (exact) mass is 358 g/mol. The number of hydrogen-bond donors (Lipinski definition) is 1. The maximum absolute atomic E-state index is 11.5. The van der Waals surface area contributed by atoms with Gasteiger partial charge in [-0.15, -0.1) is 0 Å². The predicted octanol–water partition coefficient (Wildman–Crippen LogP) is 3.41. The number of rotatable bonds is 5. The summed E-state index contributed by atoms with van der Waals surface area (Å²) in [6.07, 6.45) is 3.52. The molecule has 6 heteroatoms. The van der Waals surface area contributed by atoms with Crippen molar-refractivity contribution in [2.45, 2.75) is 13.5 Å². The third kappa shape index (κ3) is 3.25. The highest BCUT2D eigenvalue weighted by molar-refractivity contribution is 5.95. The number of primary amides is 1. The molecule has 0 atom stereocenters. The molecular weight excluding hydrogens is 340 g/mol. The van der Waals surface area contributed by atoms with Gasteiger partial charge in [-0.2, -0.15) is 0 Å². The normalized spacial score (nSPS) is 10.9. The van der Waals surface area contributed by atoms with Gasteiger partial charge in [0.1, 0.15) is 23.7 Å². The number of aromatic nitrogens is 3. The van der Waals surface area contributed by atoms with Gasteiger partial charge in [-0.05, 0) is 42.8 Å². The molecule has 0 aliphatic heterocycles. The lowest BCUT2D eigenvalue weighted by Crippen LogP contribution is -2.12. The first-order valence-corrected chi connectivity index (χ1v) is 8.53. The van der Waals surface area contributed by atoms with Crippen LogP contribution in [-0.2, 0) is 6.61 Å². The van der Waals surface area contributed by atoms with Crippen LogP contribution in [0.1, 0.15) is 21.7 Å². The van der Waals surface area contributed by atoms with Gasteiger partial charge in [0.15, 0.2) is 0 Å². The quantitative estimate of drug-likeness (QED) is 0.593. The highest BCUT2D eigenvalue weighted by atomic mass is 16.5. The Morgan fingerprint density at radius 1 is 1.11 bits per heavy atom. The summed E-state index contributed by atoms with van der Waals surface area (Å²) < 4.78 is 7.87. The van der Waals surface area contributed by atoms with Crippen molar-refractivity contribution in [3.8, 4) is 11.4 Å². The Morgan fingerprint density at radius 2 is 1.89 bits per heavy atom. The van der Waals surface area contributed by atoms with Crippen molar-refractivity contribution in [2.24, 2.45) is 5.73 Å². The Kier molecular flexibility index (Phi) is 4.30. The maximum Gasteiger partial charge on any atom is 0.252 e. The fourth-order valence-electron chi connectivity index (χ4n) is 3.08. The zero-order valence-corrected chi connectivity index (χ0v) is 14.8. The number of ether oxygens (including phenoxy) is 1. The van der Waals surface area contributed by atoms with E-state index in [1.54, 1.807) is 30.6 Å². The number of benzene rings is 2. The smallest absolute Gasteiger partial charge is 0.252 e. The SMILES string of the molecule is Cc1nc2cnccc2n1-c1ccc(COc2ccccc2C(N)=O)cc1. The molecule has 0 fully saturated rings. The number of hydrogen-bond acceptors (Lipinski definition) is 4. The molecule has 4 aromatic rings. The van der Waals surface area contributed by atoms with E-state index in [9.17, 15) is 4.79 Å². The fourth-order valence-corrected chi connectivity index (χ4v) is 3.08. The van der Waals surface area contributed by atoms with Gasteiger partial charge >= 0.3 is 0 Å². The van der Waals surface area contributed by atoms with Crippen LogP contribution in [-0.4, -0.2) is 20.4 Å². The van der Waals surface area contributed by atoms with E-state index in [2.05, 4.69) is 14.5 Å². The van der Waals surface area contributed by atoms with Gasteiger partial charge < -0.3 is 10.5 Å². The van der Waals surface area contributed by atoms with Crippen molar-refractivity contribution in [2.75, 3.05) is 0 Å². The Labute approximate surface area is 156 Å². The van der Waals surface area contributed by atoms with Crippen LogP contribution in [0, 0.1) is 6.92 Å². The molecule has 0 unspecified atom stereocenters. The number of amides is 1. The molecule has 2 heterocycles. The van der Waals surface area contributed by atoms with E-state index >= 15 is 0 Å². The van der Waals surface area contributed by atoms with E-state index in [0.29, 0.717) is 17.9 Å². The Balaban J connectivity index is 1.56. The van der Waals surface area contributed by atoms with Gasteiger partial charge in [0.25, 0.3) is 5.91 Å². The molecule has 0 spiro atoms. The van der Waals surface area contributed by atoms with Crippen molar-refractivity contribution in [1.29, 1.82) is 0 Å². The Morgan fingerprint density at radius 3 is 2.67 bits per heavy atom. The fraction of sp³-hybridized carbons (Fsp3) is 0.0952. The van der Waals surface area contributed by atoms with E-state index < -0.39 is 5.91 Å². The van der Waals surface area contributed by atoms with E-state index in [4.69, 9.17) is 10.5 Å². The summed E-state index contributed by atoms with van der Waals surface area (Å²) in [5.74, 6) is 0.883. The van der Waals surface area contributed by atoms with E-state index in [-0.39, 0.29) is 0 Å². The number of para-hydroxylation sites is 1. The molecule has 0 aliphatic rings. The summed E-state index contributed by atoms with van der Waals surface area (Å²) in [6, 6.07) is 16.9. The van der Waals surface area contributed by atoms with Crippen molar-refractivity contribution in [3.63, 3.8) is 0 Å². The maximum atomic E-state index is 11.5. The lowest BCUT2D eigenvalue weighted by atomic mass is 10.2. The number of aryl methyl sites for hydroxylation is 1. The highest BCUT2D eigenvalue weighted by Crippen LogP contribution is 2.22. The lowest BCUT2D eigenvalue weighted by Gasteiger charge is -2.11. The summed E-state index contributed by atoms with van der Waals surface area (Å²) in [5, 5.41) is 0. The lowest BCUT2D eigenvalue weighted by molar-refractivity contribution is 0.0996. The molecule has 0 saturated carbocycles. The van der Waals surface area contributed by atoms with Crippen LogP contribution in [0.25, 0.3) is 16.7 Å². The van der Waals surface area contributed by atoms with Crippen LogP contribution in [0.5, 0.6) is 5.75 Å². The van der Waals surface area contributed by atoms with Crippen molar-refractivity contribution in [1.82, 2.24) is 14.5 Å². The number of nitrogens with zero attached hydrogens (tertiary/aromatic N) is 3. The zero-order chi connectivity index (χ0) is 18.8. The molecule has 0 aliphatic carbocycles. The topological polar surface area (TPSA) is 83.0 Å². The largest absolute Gasteiger partial charge is 0.488 e. The van der Waals surface area contributed by atoms with Crippen molar-refractivity contribution < 1.29 is 9.53 Å². The minimum Gasteiger partial charge on any atom is -0.488 e. The van der Waals surface area contributed by atoms with E-state index in [1.807, 2.05) is 43.3 Å². The second-order valence-electron chi connectivity index (χ2n) is 6.17. The molecule has 2 aromatic heterocycles. The van der Waals surface area contributed by atoms with Crippen LogP contribution < -0.4 is 10.5 Å². The third-order valence-electron chi connectivity index (χ3n) is 4.37. The summed E-state index contributed by atoms with van der Waals surface area (Å²) in [4.78, 5) is 20.1. The average Bonchev–Trinajstić information content (AvgIpc) is 3.02. The molecule has 4 rings (SSSR count). The van der Waals surface area contributed by atoms with E-state index in [1.165, 1.54) is 0 Å². The average molecular weight is 358 g/mol. The number of carbonyl (C=O) groups excluding carboxylic acids is 1. The van der Waals surface area contributed by atoms with Gasteiger partial charge in [0.05, 0.1) is 17.3 Å². The number of imidazole rings is 1. The van der Waals surface area contributed by atoms with Crippen LogP contribution >= 0.6 is 0 Å². The predicted molar refractivity (Wildman–Crippen MR) is 103 cm³/mol. The molecular formula is C21H18N4O2. The van der Waals surface area contributed by atoms with Gasteiger partial charge in [0, 0.05) is 11.9 Å². The van der Waals surface area contributed by atoms with Crippen LogP contribution in [0.4, 0.5) is 0 Å². The van der Waals surface area contributed by atoms with E-state index in [0.717, 1.165) is 28.1 Å². The molecule has 134 valence electrons. The van der Waals surface area contributed by atoms with Gasteiger partial charge in [-0.25, -0.2) is 4.98 Å². The first-order valence-electron chi connectivity index (χ1n) is 8.53. The summed E-state index contributed by atoms with van der Waals surface area (Å²) in [5.41, 5.74) is 9.65. The van der Waals surface area contributed by atoms with Crippen molar-refractivity contribution >= 4 is 16.9 Å². The first-order chi connectivity index (χ1) is 13.1. The summed E-state index contributed by atoms with van der Waals surface area (Å²) in [6.45, 7) is 2.32. The van der Waals surface area contributed by atoms with Gasteiger partial charge in [0.2, 0.25) is 0 Å². The minimum atomic E-state index is -0.502. The molecule has 0 bridgehead atoms. The second kappa shape index (κ2) is 6.92. The molecule has 6 nitrogen and oxygen atoms in total. The zero-order valence-electron chi connectivity index (χ0n) is 14.8. The van der Waals surface area contributed by atoms with Crippen molar-refractivity contribution in [3.05, 3.63) is 83.9 Å². The minimum absolute atomic E-state index is 0.345. The third-order valence-corrected chi connectivity index (χ3v) is 4.37. The standard InChI is InChI=1S/C21H18N4O2/c1-14-24-18-12-23-11-10-19(18)25(14)16-8-6-15(7-9-16)13-27-20-5-3-2-4-17(20)21(22)26/h2-12H,13H2,1H3,(H2,22,26). The first kappa shape index (κ1) is 16.8. The molecule has 0 saturated heterocycles. The summed E-state index contributed by atoms with van der Waals surface area (Å²) in [7, 11) is 0. The number of fused-ring (bicyclic) bond motifs is 1. The molecule has 0 radical (unpaired) electrons. The van der Waals surface area contributed by atoms with Gasteiger partial charge in [-0.1, -0.05) is 24.3 Å². The molecule has 27 heavy (non-hydrogen) atoms. The van der Waals surface area contributed by atoms with Crippen LogP contribution in [0.3, 0.4) is 0 Å².